The van der Waals surface area contributed by atoms with Gasteiger partial charge in [-0.15, -0.1) is 21.5 Å². The van der Waals surface area contributed by atoms with E-state index in [1.54, 1.807) is 4.57 Å². The molecule has 0 bridgehead atoms. The Bertz CT molecular complexity index is 1600. The van der Waals surface area contributed by atoms with Gasteiger partial charge in [-0.1, -0.05) is 0 Å². The number of carbonyl (C=O) groups excluding carboxylic acids is 1. The summed E-state index contributed by atoms with van der Waals surface area (Å²) in [7, 11) is -2.78. The Morgan fingerprint density at radius 2 is 2.00 bits per heavy atom. The first-order valence-corrected chi connectivity index (χ1v) is 15.1. The van der Waals surface area contributed by atoms with Crippen molar-refractivity contribution in [3.05, 3.63) is 28.5 Å². The largest absolute Gasteiger partial charge is 0.316 e. The van der Waals surface area contributed by atoms with Crippen LogP contribution in [0.15, 0.2) is 17.3 Å². The molecule has 0 spiro atoms. The number of carbonyl (C=O) groups is 1. The van der Waals surface area contributed by atoms with E-state index in [4.69, 9.17) is 0 Å². The zero-order valence-corrected chi connectivity index (χ0v) is 23.1. The standard InChI is InChI=1S/C23H25F5N8O3S2/c1-35-17(7-15(33-35)19(25)26)30-22-32-29-9-36(22)12-2-3-16-13(6-12)18(41(38,39)34-11-4-10(24)5-11)21(40-16)31-20(37)14-8-23(14,27)28/h7,9-12,14,19,34H,2-6,8H2,1H3,(H,30,32)(H,31,37)/t10-,11-,12-,14+/m0/s1. The first kappa shape index (κ1) is 28.0. The number of hydrogen-bond acceptors (Lipinski definition) is 8. The average molecular weight is 621 g/mol. The molecular weight excluding hydrogens is 595 g/mol. The SMILES string of the molecule is Cn1nc(C(F)F)cc1Nc1nncn1[C@H]1CCc2sc(NC(=O)[C@H]3CC3(F)F)c(S(=O)(=O)N[C@H]3C[C@H](F)C3)c2C1. The van der Waals surface area contributed by atoms with Crippen LogP contribution < -0.4 is 15.4 Å². The molecule has 3 aromatic heterocycles. The molecule has 6 rings (SSSR count). The number of hydrogen-bond donors (Lipinski definition) is 3. The maximum absolute atomic E-state index is 13.6. The number of rotatable bonds is 9. The van der Waals surface area contributed by atoms with Crippen molar-refractivity contribution in [1.29, 1.82) is 0 Å². The summed E-state index contributed by atoms with van der Waals surface area (Å²) in [4.78, 5) is 13.0. The summed E-state index contributed by atoms with van der Waals surface area (Å²) < 4.78 is 99.2. The summed E-state index contributed by atoms with van der Waals surface area (Å²) in [5.74, 6) is -5.16. The summed E-state index contributed by atoms with van der Waals surface area (Å²) >= 11 is 1.02. The fourth-order valence-electron chi connectivity index (χ4n) is 5.19. The van der Waals surface area contributed by atoms with Crippen LogP contribution in [0.4, 0.5) is 38.7 Å². The van der Waals surface area contributed by atoms with E-state index < -0.39 is 58.5 Å². The van der Waals surface area contributed by atoms with Crippen LogP contribution in [0.5, 0.6) is 0 Å². The lowest BCUT2D eigenvalue weighted by atomic mass is 9.92. The quantitative estimate of drug-likeness (QED) is 0.309. The van der Waals surface area contributed by atoms with Gasteiger partial charge in [0.15, 0.2) is 0 Å². The summed E-state index contributed by atoms with van der Waals surface area (Å²) in [6, 6.07) is 0.187. The average Bonchev–Trinajstić information content (AvgIpc) is 3.25. The first-order chi connectivity index (χ1) is 19.3. The van der Waals surface area contributed by atoms with Gasteiger partial charge in [0, 0.05) is 36.5 Å². The van der Waals surface area contributed by atoms with E-state index in [0.29, 0.717) is 23.3 Å². The molecule has 0 aliphatic heterocycles. The van der Waals surface area contributed by atoms with Gasteiger partial charge in [-0.3, -0.25) is 14.0 Å². The molecular formula is C23H25F5N8O3S2. The lowest BCUT2D eigenvalue weighted by Gasteiger charge is -2.30. The molecule has 3 aliphatic rings. The molecule has 3 heterocycles. The lowest BCUT2D eigenvalue weighted by molar-refractivity contribution is -0.119. The van der Waals surface area contributed by atoms with Gasteiger partial charge in [0.1, 0.15) is 39.8 Å². The Kier molecular flexibility index (Phi) is 6.84. The Hall–Kier alpha value is -3.12. The molecule has 41 heavy (non-hydrogen) atoms. The van der Waals surface area contributed by atoms with Crippen LogP contribution in [0.3, 0.4) is 0 Å². The molecule has 222 valence electrons. The zero-order valence-electron chi connectivity index (χ0n) is 21.5. The number of alkyl halides is 5. The van der Waals surface area contributed by atoms with Crippen molar-refractivity contribution < 1.29 is 35.2 Å². The molecule has 3 N–H and O–H groups in total. The predicted molar refractivity (Wildman–Crippen MR) is 137 cm³/mol. The second-order valence-corrected chi connectivity index (χ2v) is 13.3. The Balaban J connectivity index is 1.30. The van der Waals surface area contributed by atoms with Crippen LogP contribution in [0.1, 0.15) is 54.3 Å². The number of nitrogens with zero attached hydrogens (tertiary/aromatic N) is 5. The van der Waals surface area contributed by atoms with E-state index in [1.165, 1.54) is 24.1 Å². The summed E-state index contributed by atoms with van der Waals surface area (Å²) in [5, 5.41) is 17.0. The van der Waals surface area contributed by atoms with Crippen LogP contribution in [-0.2, 0) is 34.7 Å². The van der Waals surface area contributed by atoms with Crippen molar-refractivity contribution >= 4 is 44.0 Å². The number of amides is 1. The third kappa shape index (κ3) is 5.31. The Morgan fingerprint density at radius 3 is 2.63 bits per heavy atom. The van der Waals surface area contributed by atoms with E-state index >= 15 is 0 Å². The third-order valence-electron chi connectivity index (χ3n) is 7.57. The van der Waals surface area contributed by atoms with E-state index in [1.807, 2.05) is 0 Å². The molecule has 0 aromatic carbocycles. The van der Waals surface area contributed by atoms with Gasteiger partial charge in [0.2, 0.25) is 21.9 Å². The monoisotopic (exact) mass is 620 g/mol. The molecule has 2 fully saturated rings. The molecule has 1 amide bonds. The fourth-order valence-corrected chi connectivity index (χ4v) is 8.43. The van der Waals surface area contributed by atoms with Gasteiger partial charge in [-0.25, -0.2) is 35.1 Å². The second-order valence-electron chi connectivity index (χ2n) is 10.5. The zero-order chi connectivity index (χ0) is 29.3. The third-order valence-corrected chi connectivity index (χ3v) is 10.5. The van der Waals surface area contributed by atoms with Gasteiger partial charge in [-0.2, -0.15) is 5.10 Å². The Labute approximate surface area is 234 Å². The van der Waals surface area contributed by atoms with Gasteiger partial charge >= 0.3 is 0 Å². The molecule has 3 aromatic rings. The minimum atomic E-state index is -4.26. The van der Waals surface area contributed by atoms with Crippen molar-refractivity contribution in [2.45, 2.75) is 74.0 Å². The molecule has 3 aliphatic carbocycles. The van der Waals surface area contributed by atoms with Crippen LogP contribution in [0.2, 0.25) is 0 Å². The summed E-state index contributed by atoms with van der Waals surface area (Å²) in [6.07, 6.45) is -1.96. The van der Waals surface area contributed by atoms with E-state index in [2.05, 4.69) is 30.7 Å². The molecule has 18 heteroatoms. The highest BCUT2D eigenvalue weighted by molar-refractivity contribution is 7.90. The highest BCUT2D eigenvalue weighted by Gasteiger charge is 2.61. The van der Waals surface area contributed by atoms with Crippen molar-refractivity contribution in [2.24, 2.45) is 13.0 Å². The van der Waals surface area contributed by atoms with Crippen molar-refractivity contribution in [2.75, 3.05) is 10.6 Å². The number of halogens is 5. The molecule has 11 nitrogen and oxygen atoms in total. The number of anilines is 3. The lowest BCUT2D eigenvalue weighted by Crippen LogP contribution is -2.45. The molecule has 0 radical (unpaired) electrons. The van der Waals surface area contributed by atoms with Crippen molar-refractivity contribution in [3.8, 4) is 0 Å². The van der Waals surface area contributed by atoms with Gasteiger partial charge in [0.05, 0.1) is 0 Å². The second kappa shape index (κ2) is 10.0. The smallest absolute Gasteiger partial charge is 0.282 e. The molecule has 2 saturated carbocycles. The van der Waals surface area contributed by atoms with Crippen molar-refractivity contribution in [1.82, 2.24) is 29.3 Å². The number of sulfonamides is 1. The summed E-state index contributed by atoms with van der Waals surface area (Å²) in [6.45, 7) is 0. The highest BCUT2D eigenvalue weighted by Crippen LogP contribution is 2.50. The number of thiophene rings is 1. The van der Waals surface area contributed by atoms with Crippen LogP contribution >= 0.6 is 11.3 Å². The van der Waals surface area contributed by atoms with Gasteiger partial charge < -0.3 is 10.6 Å². The fraction of sp³-hybridized carbons (Fsp3) is 0.565. The molecule has 0 saturated heterocycles. The predicted octanol–water partition coefficient (Wildman–Crippen LogP) is 3.86. The van der Waals surface area contributed by atoms with E-state index in [0.717, 1.165) is 11.3 Å². The minimum Gasteiger partial charge on any atom is -0.316 e. The topological polar surface area (TPSA) is 136 Å². The number of fused-ring (bicyclic) bond motifs is 1. The van der Waals surface area contributed by atoms with Gasteiger partial charge in [-0.05, 0) is 37.7 Å². The highest BCUT2D eigenvalue weighted by atomic mass is 32.2. The van der Waals surface area contributed by atoms with Crippen LogP contribution in [-0.4, -0.2) is 57.0 Å². The molecule has 0 unspecified atom stereocenters. The van der Waals surface area contributed by atoms with Gasteiger partial charge in [0.25, 0.3) is 12.3 Å². The van der Waals surface area contributed by atoms with Crippen LogP contribution in [0, 0.1) is 5.92 Å². The summed E-state index contributed by atoms with van der Waals surface area (Å²) in [5.41, 5.74) is -0.0130. The first-order valence-electron chi connectivity index (χ1n) is 12.8. The maximum atomic E-state index is 13.6. The number of aryl methyl sites for hydroxylation is 2. The van der Waals surface area contributed by atoms with E-state index in [-0.39, 0.29) is 47.0 Å². The molecule has 2 atom stereocenters. The maximum Gasteiger partial charge on any atom is 0.282 e. The normalized spacial score (nSPS) is 25.0. The van der Waals surface area contributed by atoms with Crippen molar-refractivity contribution in [3.63, 3.8) is 0 Å². The van der Waals surface area contributed by atoms with E-state index in [9.17, 15) is 35.2 Å². The minimum absolute atomic E-state index is 0.0151. The Morgan fingerprint density at radius 1 is 1.27 bits per heavy atom. The number of aromatic nitrogens is 5. The number of nitrogens with one attached hydrogen (secondary N) is 3. The van der Waals surface area contributed by atoms with Crippen LogP contribution in [0.25, 0.3) is 0 Å².